The molecular weight excluding hydrogens is 374 g/mol. The minimum absolute atomic E-state index is 0.875. The molecule has 0 aromatic heterocycles. The lowest BCUT2D eigenvalue weighted by atomic mass is 9.86. The first kappa shape index (κ1) is 18.0. The molecule has 3 heteroatoms. The van der Waals surface area contributed by atoms with E-state index in [-0.39, 0.29) is 0 Å². The zero-order valence-corrected chi connectivity index (χ0v) is 16.9. The summed E-state index contributed by atoms with van der Waals surface area (Å²) >= 11 is 1.79. The standard InChI is InChI=1S/C26H21NOS/c1-26(28,19-11-3-2-4-12-19)20-13-5-6-14-21(20)27-22-15-7-9-17-24(22)29-25-18-10-8-16-23(25)27/h2-18,28H,1H3. The van der Waals surface area contributed by atoms with Gasteiger partial charge in [-0.25, -0.2) is 0 Å². The lowest BCUT2D eigenvalue weighted by Crippen LogP contribution is -2.26. The number of rotatable bonds is 3. The van der Waals surface area contributed by atoms with Crippen molar-refractivity contribution in [1.82, 2.24) is 0 Å². The second kappa shape index (κ2) is 7.11. The highest BCUT2D eigenvalue weighted by Crippen LogP contribution is 2.52. The van der Waals surface area contributed by atoms with Crippen LogP contribution in [0.2, 0.25) is 0 Å². The number of para-hydroxylation sites is 3. The second-order valence-electron chi connectivity index (χ2n) is 7.33. The van der Waals surface area contributed by atoms with Crippen LogP contribution in [-0.4, -0.2) is 5.11 Å². The van der Waals surface area contributed by atoms with Gasteiger partial charge in [-0.1, -0.05) is 84.6 Å². The number of hydrogen-bond donors (Lipinski definition) is 1. The molecule has 0 bridgehead atoms. The maximum absolute atomic E-state index is 11.6. The highest BCUT2D eigenvalue weighted by atomic mass is 32.2. The second-order valence-corrected chi connectivity index (χ2v) is 8.41. The van der Waals surface area contributed by atoms with Crippen molar-refractivity contribution in [2.45, 2.75) is 22.3 Å². The van der Waals surface area contributed by atoms with Gasteiger partial charge in [-0.15, -0.1) is 0 Å². The molecule has 142 valence electrons. The van der Waals surface area contributed by atoms with Gasteiger partial charge >= 0.3 is 0 Å². The quantitative estimate of drug-likeness (QED) is 0.360. The molecule has 29 heavy (non-hydrogen) atoms. The molecule has 0 saturated carbocycles. The summed E-state index contributed by atoms with van der Waals surface area (Å²) in [6.45, 7) is 1.87. The van der Waals surface area contributed by atoms with Crippen LogP contribution in [0.25, 0.3) is 0 Å². The van der Waals surface area contributed by atoms with E-state index in [0.29, 0.717) is 0 Å². The Kier molecular flexibility index (Phi) is 4.42. The third kappa shape index (κ3) is 3.03. The van der Waals surface area contributed by atoms with E-state index in [9.17, 15) is 5.11 Å². The summed E-state index contributed by atoms with van der Waals surface area (Å²) in [5, 5.41) is 11.6. The topological polar surface area (TPSA) is 23.5 Å². The number of benzene rings is 4. The van der Waals surface area contributed by atoms with E-state index < -0.39 is 5.60 Å². The van der Waals surface area contributed by atoms with Crippen molar-refractivity contribution in [3.05, 3.63) is 114 Å². The van der Waals surface area contributed by atoms with Gasteiger partial charge < -0.3 is 10.0 Å². The molecule has 1 aliphatic heterocycles. The van der Waals surface area contributed by atoms with Crippen molar-refractivity contribution in [2.24, 2.45) is 0 Å². The van der Waals surface area contributed by atoms with Gasteiger partial charge in [-0.3, -0.25) is 0 Å². The van der Waals surface area contributed by atoms with E-state index in [1.807, 2.05) is 55.5 Å². The van der Waals surface area contributed by atoms with Crippen molar-refractivity contribution in [3.63, 3.8) is 0 Å². The zero-order valence-electron chi connectivity index (χ0n) is 16.1. The minimum atomic E-state index is -1.12. The Bertz CT molecular complexity index is 1120. The third-order valence-corrected chi connectivity index (χ3v) is 6.57. The van der Waals surface area contributed by atoms with Crippen LogP contribution in [0.5, 0.6) is 0 Å². The van der Waals surface area contributed by atoms with Crippen LogP contribution in [0.1, 0.15) is 18.1 Å². The van der Waals surface area contributed by atoms with Gasteiger partial charge in [-0.05, 0) is 42.8 Å². The van der Waals surface area contributed by atoms with Crippen molar-refractivity contribution < 1.29 is 5.11 Å². The van der Waals surface area contributed by atoms with E-state index >= 15 is 0 Å². The average Bonchev–Trinajstić information content (AvgIpc) is 2.78. The molecule has 1 aliphatic rings. The molecule has 0 spiro atoms. The summed E-state index contributed by atoms with van der Waals surface area (Å²) in [5.74, 6) is 0. The normalized spacial score (nSPS) is 14.6. The van der Waals surface area contributed by atoms with Crippen LogP contribution in [0.4, 0.5) is 17.1 Å². The number of fused-ring (bicyclic) bond motifs is 2. The van der Waals surface area contributed by atoms with Crippen molar-refractivity contribution in [1.29, 1.82) is 0 Å². The molecule has 2 nitrogen and oxygen atoms in total. The fourth-order valence-corrected chi connectivity index (χ4v) is 5.02. The molecule has 0 saturated heterocycles. The van der Waals surface area contributed by atoms with Crippen LogP contribution in [0.3, 0.4) is 0 Å². The van der Waals surface area contributed by atoms with Crippen LogP contribution in [-0.2, 0) is 5.60 Å². The molecule has 4 aromatic carbocycles. The van der Waals surface area contributed by atoms with E-state index in [1.54, 1.807) is 11.8 Å². The van der Waals surface area contributed by atoms with Crippen LogP contribution < -0.4 is 4.90 Å². The maximum atomic E-state index is 11.6. The summed E-state index contributed by atoms with van der Waals surface area (Å²) in [6, 6.07) is 34.9. The average molecular weight is 396 g/mol. The van der Waals surface area contributed by atoms with E-state index in [1.165, 1.54) is 9.79 Å². The first-order chi connectivity index (χ1) is 14.2. The molecule has 0 aliphatic carbocycles. The Morgan fingerprint density at radius 1 is 0.621 bits per heavy atom. The van der Waals surface area contributed by atoms with E-state index in [4.69, 9.17) is 0 Å². The highest BCUT2D eigenvalue weighted by Gasteiger charge is 2.32. The van der Waals surface area contributed by atoms with E-state index in [0.717, 1.165) is 28.2 Å². The third-order valence-electron chi connectivity index (χ3n) is 5.44. The lowest BCUT2D eigenvalue weighted by molar-refractivity contribution is 0.103. The van der Waals surface area contributed by atoms with Gasteiger partial charge in [0.1, 0.15) is 5.60 Å². The summed E-state index contributed by atoms with van der Waals surface area (Å²) in [7, 11) is 0. The first-order valence-corrected chi connectivity index (χ1v) is 10.5. The monoisotopic (exact) mass is 395 g/mol. The molecule has 0 amide bonds. The number of nitrogens with zero attached hydrogens (tertiary/aromatic N) is 1. The largest absolute Gasteiger partial charge is 0.381 e. The fraction of sp³-hybridized carbons (Fsp3) is 0.0769. The minimum Gasteiger partial charge on any atom is -0.381 e. The van der Waals surface area contributed by atoms with Gasteiger partial charge in [-0.2, -0.15) is 0 Å². The van der Waals surface area contributed by atoms with Gasteiger partial charge in [0.25, 0.3) is 0 Å². The summed E-state index contributed by atoms with van der Waals surface area (Å²) < 4.78 is 0. The van der Waals surface area contributed by atoms with Gasteiger partial charge in [0.15, 0.2) is 0 Å². The van der Waals surface area contributed by atoms with Gasteiger partial charge in [0, 0.05) is 15.4 Å². The Morgan fingerprint density at radius 2 is 1.10 bits per heavy atom. The Morgan fingerprint density at radius 3 is 1.72 bits per heavy atom. The van der Waals surface area contributed by atoms with Crippen molar-refractivity contribution in [2.75, 3.05) is 4.90 Å². The molecule has 1 atom stereocenters. The lowest BCUT2D eigenvalue weighted by Gasteiger charge is -2.36. The van der Waals surface area contributed by atoms with Crippen molar-refractivity contribution in [3.8, 4) is 0 Å². The molecule has 1 N–H and O–H groups in total. The Balaban J connectivity index is 1.75. The summed E-state index contributed by atoms with van der Waals surface area (Å²) in [4.78, 5) is 4.69. The SMILES string of the molecule is CC(O)(c1ccccc1)c1ccccc1N1c2ccccc2Sc2ccccc21. The molecule has 5 rings (SSSR count). The molecule has 1 heterocycles. The van der Waals surface area contributed by atoms with Gasteiger partial charge in [0.2, 0.25) is 0 Å². The zero-order chi connectivity index (χ0) is 19.8. The maximum Gasteiger partial charge on any atom is 0.114 e. The van der Waals surface area contributed by atoms with Crippen LogP contribution in [0.15, 0.2) is 113 Å². The van der Waals surface area contributed by atoms with Crippen molar-refractivity contribution >= 4 is 28.8 Å². The van der Waals surface area contributed by atoms with Gasteiger partial charge in [0.05, 0.1) is 17.1 Å². The highest BCUT2D eigenvalue weighted by molar-refractivity contribution is 7.99. The molecule has 0 fully saturated rings. The van der Waals surface area contributed by atoms with Crippen LogP contribution in [0, 0.1) is 0 Å². The Hall–Kier alpha value is -3.01. The Labute approximate surface area is 175 Å². The smallest absolute Gasteiger partial charge is 0.114 e. The van der Waals surface area contributed by atoms with Crippen LogP contribution >= 0.6 is 11.8 Å². The molecular formula is C26H21NOS. The number of hydrogen-bond acceptors (Lipinski definition) is 3. The predicted octanol–water partition coefficient (Wildman–Crippen LogP) is 6.88. The fourth-order valence-electron chi connectivity index (χ4n) is 3.96. The summed E-state index contributed by atoms with van der Waals surface area (Å²) in [5.41, 5.74) is 3.89. The molecule has 4 aromatic rings. The molecule has 0 radical (unpaired) electrons. The summed E-state index contributed by atoms with van der Waals surface area (Å²) in [6.07, 6.45) is 0. The van der Waals surface area contributed by atoms with E-state index in [2.05, 4.69) is 59.5 Å². The number of anilines is 3. The molecule has 1 unspecified atom stereocenters. The first-order valence-electron chi connectivity index (χ1n) is 9.70. The predicted molar refractivity (Wildman–Crippen MR) is 120 cm³/mol. The number of aliphatic hydroxyl groups is 1.